The van der Waals surface area contributed by atoms with Crippen molar-refractivity contribution in [3.63, 3.8) is 0 Å². The molecule has 0 spiro atoms. The normalized spacial score (nSPS) is 15.9. The summed E-state index contributed by atoms with van der Waals surface area (Å²) in [5.41, 5.74) is 1.66. The van der Waals surface area contributed by atoms with Crippen molar-refractivity contribution in [3.8, 4) is 5.75 Å². The van der Waals surface area contributed by atoms with E-state index in [1.54, 1.807) is 49.6 Å². The molecular weight excluding hydrogens is 315 g/mol. The molecule has 2 aromatic rings. The van der Waals surface area contributed by atoms with Crippen molar-refractivity contribution >= 4 is 35.0 Å². The first kappa shape index (κ1) is 15.2. The third-order valence-electron chi connectivity index (χ3n) is 3.37. The number of methoxy groups -OCH3 is 1. The van der Waals surface area contributed by atoms with Gasteiger partial charge in [0.1, 0.15) is 17.3 Å². The number of anilines is 1. The molecule has 6 heteroatoms. The summed E-state index contributed by atoms with van der Waals surface area (Å²) in [4.78, 5) is 14.0. The van der Waals surface area contributed by atoms with Crippen molar-refractivity contribution in [3.05, 3.63) is 65.6 Å². The summed E-state index contributed by atoms with van der Waals surface area (Å²) in [6, 6.07) is 12.9. The minimum Gasteiger partial charge on any atom is -0.497 e. The largest absolute Gasteiger partial charge is 0.497 e. The zero-order chi connectivity index (χ0) is 16.4. The smallest absolute Gasteiger partial charge is 0.281 e. The molecule has 0 saturated carbocycles. The Morgan fingerprint density at radius 1 is 1.22 bits per heavy atom. The molecular formula is C17H13FN2O2S. The van der Waals surface area contributed by atoms with Crippen LogP contribution in [0.5, 0.6) is 5.75 Å². The van der Waals surface area contributed by atoms with Crippen molar-refractivity contribution in [1.82, 2.24) is 5.32 Å². The highest BCUT2D eigenvalue weighted by atomic mass is 32.1. The topological polar surface area (TPSA) is 41.6 Å². The van der Waals surface area contributed by atoms with Gasteiger partial charge in [-0.05, 0) is 48.1 Å². The molecule has 1 aliphatic heterocycles. The molecule has 0 unspecified atom stereocenters. The van der Waals surface area contributed by atoms with Gasteiger partial charge in [0.05, 0.1) is 12.8 Å². The van der Waals surface area contributed by atoms with E-state index in [0.29, 0.717) is 22.7 Å². The first-order chi connectivity index (χ1) is 11.1. The van der Waals surface area contributed by atoms with E-state index in [9.17, 15) is 9.18 Å². The molecule has 3 rings (SSSR count). The number of nitrogens with one attached hydrogen (secondary N) is 1. The zero-order valence-electron chi connectivity index (χ0n) is 12.2. The predicted octanol–water partition coefficient (Wildman–Crippen LogP) is 3.10. The van der Waals surface area contributed by atoms with Crippen molar-refractivity contribution in [1.29, 1.82) is 0 Å². The highest BCUT2D eigenvalue weighted by Crippen LogP contribution is 2.25. The van der Waals surface area contributed by atoms with E-state index >= 15 is 0 Å². The molecule has 0 radical (unpaired) electrons. The van der Waals surface area contributed by atoms with Crippen LogP contribution in [0.3, 0.4) is 0 Å². The van der Waals surface area contributed by atoms with Gasteiger partial charge in [-0.3, -0.25) is 9.69 Å². The Morgan fingerprint density at radius 2 is 1.96 bits per heavy atom. The third kappa shape index (κ3) is 3.07. The number of thiocarbonyl (C=S) groups is 1. The summed E-state index contributed by atoms with van der Waals surface area (Å²) in [6.45, 7) is 0. The number of nitrogens with zero attached hydrogens (tertiary/aromatic N) is 1. The Morgan fingerprint density at radius 3 is 2.65 bits per heavy atom. The second-order valence-electron chi connectivity index (χ2n) is 4.88. The molecule has 1 fully saturated rings. The summed E-state index contributed by atoms with van der Waals surface area (Å²) >= 11 is 5.25. The molecule has 0 bridgehead atoms. The van der Waals surface area contributed by atoms with Gasteiger partial charge in [0.2, 0.25) is 0 Å². The van der Waals surface area contributed by atoms with Gasteiger partial charge in [-0.2, -0.15) is 0 Å². The Hall–Kier alpha value is -2.73. The molecule has 4 nitrogen and oxygen atoms in total. The quantitative estimate of drug-likeness (QED) is 0.694. The van der Waals surface area contributed by atoms with Crippen LogP contribution >= 0.6 is 12.2 Å². The molecule has 1 aliphatic rings. The van der Waals surface area contributed by atoms with Crippen LogP contribution in [-0.2, 0) is 4.79 Å². The Balaban J connectivity index is 1.91. The van der Waals surface area contributed by atoms with Gasteiger partial charge in [-0.15, -0.1) is 0 Å². The van der Waals surface area contributed by atoms with E-state index in [1.807, 2.05) is 0 Å². The van der Waals surface area contributed by atoms with Gasteiger partial charge in [0, 0.05) is 6.07 Å². The highest BCUT2D eigenvalue weighted by Gasteiger charge is 2.32. The van der Waals surface area contributed by atoms with Crippen LogP contribution in [0.15, 0.2) is 54.2 Å². The van der Waals surface area contributed by atoms with Crippen molar-refractivity contribution in [2.75, 3.05) is 12.0 Å². The first-order valence-corrected chi connectivity index (χ1v) is 7.26. The van der Waals surface area contributed by atoms with Crippen LogP contribution in [-0.4, -0.2) is 18.1 Å². The monoisotopic (exact) mass is 328 g/mol. The number of hydrogen-bond acceptors (Lipinski definition) is 3. The summed E-state index contributed by atoms with van der Waals surface area (Å²) in [7, 11) is 1.56. The number of amides is 1. The standard InChI is InChI=1S/C17H13FN2O2S/c1-22-14-4-2-3-13(10-14)20-16(21)15(19-17(20)23)9-11-5-7-12(18)8-6-11/h2-10H,1H3,(H,19,23)/b15-9-. The minimum atomic E-state index is -0.327. The molecule has 1 heterocycles. The average molecular weight is 328 g/mol. The highest BCUT2D eigenvalue weighted by molar-refractivity contribution is 7.80. The number of rotatable bonds is 3. The number of ether oxygens (including phenoxy) is 1. The number of benzene rings is 2. The molecule has 23 heavy (non-hydrogen) atoms. The minimum absolute atomic E-state index is 0.271. The maximum absolute atomic E-state index is 12.9. The summed E-state index contributed by atoms with van der Waals surface area (Å²) in [6.07, 6.45) is 1.63. The Bertz CT molecular complexity index is 802. The maximum atomic E-state index is 12.9. The summed E-state index contributed by atoms with van der Waals surface area (Å²) < 4.78 is 18.1. The molecule has 2 aromatic carbocycles. The van der Waals surface area contributed by atoms with Crippen LogP contribution in [0.2, 0.25) is 0 Å². The molecule has 0 aromatic heterocycles. The van der Waals surface area contributed by atoms with Gasteiger partial charge in [0.25, 0.3) is 5.91 Å². The molecule has 1 saturated heterocycles. The van der Waals surface area contributed by atoms with Crippen LogP contribution in [0.25, 0.3) is 6.08 Å². The van der Waals surface area contributed by atoms with Gasteiger partial charge in [-0.25, -0.2) is 4.39 Å². The van der Waals surface area contributed by atoms with Gasteiger partial charge < -0.3 is 10.1 Å². The molecule has 1 N–H and O–H groups in total. The van der Waals surface area contributed by atoms with E-state index < -0.39 is 0 Å². The Kier molecular flexibility index (Phi) is 4.08. The van der Waals surface area contributed by atoms with Gasteiger partial charge >= 0.3 is 0 Å². The van der Waals surface area contributed by atoms with E-state index in [1.165, 1.54) is 17.0 Å². The molecule has 0 aliphatic carbocycles. The summed E-state index contributed by atoms with van der Waals surface area (Å²) in [5, 5.41) is 3.18. The molecule has 116 valence electrons. The van der Waals surface area contributed by atoms with Crippen LogP contribution in [0.4, 0.5) is 10.1 Å². The SMILES string of the molecule is COc1cccc(N2C(=O)/C(=C/c3ccc(F)cc3)NC2=S)c1. The second-order valence-corrected chi connectivity index (χ2v) is 5.27. The van der Waals surface area contributed by atoms with Crippen LogP contribution in [0, 0.1) is 5.82 Å². The number of carbonyl (C=O) groups excluding carboxylic acids is 1. The van der Waals surface area contributed by atoms with E-state index in [-0.39, 0.29) is 16.8 Å². The lowest BCUT2D eigenvalue weighted by atomic mass is 10.2. The van der Waals surface area contributed by atoms with E-state index in [4.69, 9.17) is 17.0 Å². The number of carbonyl (C=O) groups is 1. The summed E-state index contributed by atoms with van der Waals surface area (Å²) in [5.74, 6) is 0.0352. The van der Waals surface area contributed by atoms with E-state index in [2.05, 4.69) is 5.32 Å². The van der Waals surface area contributed by atoms with Crippen LogP contribution < -0.4 is 15.0 Å². The Labute approximate surface area is 138 Å². The average Bonchev–Trinajstić information content (AvgIpc) is 2.83. The zero-order valence-corrected chi connectivity index (χ0v) is 13.1. The molecule has 1 amide bonds. The fourth-order valence-corrected chi connectivity index (χ4v) is 2.54. The molecule has 0 atom stereocenters. The second kappa shape index (κ2) is 6.18. The fourth-order valence-electron chi connectivity index (χ4n) is 2.24. The first-order valence-electron chi connectivity index (χ1n) is 6.85. The van der Waals surface area contributed by atoms with Crippen LogP contribution in [0.1, 0.15) is 5.56 Å². The van der Waals surface area contributed by atoms with E-state index in [0.717, 1.165) is 0 Å². The lowest BCUT2D eigenvalue weighted by Gasteiger charge is -2.14. The fraction of sp³-hybridized carbons (Fsp3) is 0.0588. The van der Waals surface area contributed by atoms with Crippen molar-refractivity contribution in [2.45, 2.75) is 0 Å². The number of halogens is 1. The van der Waals surface area contributed by atoms with Crippen molar-refractivity contribution in [2.24, 2.45) is 0 Å². The van der Waals surface area contributed by atoms with Gasteiger partial charge in [0.15, 0.2) is 5.11 Å². The number of hydrogen-bond donors (Lipinski definition) is 1. The van der Waals surface area contributed by atoms with Gasteiger partial charge in [-0.1, -0.05) is 18.2 Å². The van der Waals surface area contributed by atoms with Crippen molar-refractivity contribution < 1.29 is 13.9 Å². The predicted molar refractivity (Wildman–Crippen MR) is 90.6 cm³/mol. The third-order valence-corrected chi connectivity index (χ3v) is 3.66. The lowest BCUT2D eigenvalue weighted by molar-refractivity contribution is -0.113. The lowest BCUT2D eigenvalue weighted by Crippen LogP contribution is -2.30. The maximum Gasteiger partial charge on any atom is 0.281 e.